The van der Waals surface area contributed by atoms with E-state index in [1.165, 1.54) is 5.52 Å². The van der Waals surface area contributed by atoms with Gasteiger partial charge in [-0.05, 0) is 26.2 Å². The third-order valence-corrected chi connectivity index (χ3v) is 3.92. The molecule has 5 nitrogen and oxygen atoms in total. The first kappa shape index (κ1) is 13.2. The zero-order valence-corrected chi connectivity index (χ0v) is 12.7. The summed E-state index contributed by atoms with van der Waals surface area (Å²) in [5.41, 5.74) is 4.81. The summed E-state index contributed by atoms with van der Waals surface area (Å²) >= 11 is 0. The first-order valence-electron chi connectivity index (χ1n) is 7.37. The Labute approximate surface area is 128 Å². The molecular weight excluding hydrogens is 274 g/mol. The van der Waals surface area contributed by atoms with Gasteiger partial charge in [-0.2, -0.15) is 0 Å². The van der Waals surface area contributed by atoms with Crippen molar-refractivity contribution >= 4 is 33.1 Å². The Morgan fingerprint density at radius 1 is 1.05 bits per heavy atom. The Kier molecular flexibility index (Phi) is 3.01. The molecule has 1 aromatic carbocycles. The minimum absolute atomic E-state index is 0.837. The highest BCUT2D eigenvalue weighted by atomic mass is 15.1. The number of rotatable bonds is 3. The standard InChI is InChI=1S/C17H17N5/c1-21(2)9-10-22-15-6-4-3-5-12(15)16-17(22)20-14-11-18-8-7-13(14)19-16/h3-8,11H,9-10H2,1-2H3. The van der Waals surface area contributed by atoms with Crippen molar-refractivity contribution in [3.05, 3.63) is 42.7 Å². The summed E-state index contributed by atoms with van der Waals surface area (Å²) in [6.45, 7) is 1.85. The van der Waals surface area contributed by atoms with Gasteiger partial charge in [-0.1, -0.05) is 18.2 Å². The van der Waals surface area contributed by atoms with Gasteiger partial charge in [0.05, 0.1) is 17.2 Å². The monoisotopic (exact) mass is 291 g/mol. The van der Waals surface area contributed by atoms with E-state index in [-0.39, 0.29) is 0 Å². The molecule has 0 aliphatic heterocycles. The first-order chi connectivity index (χ1) is 10.7. The Morgan fingerprint density at radius 3 is 2.77 bits per heavy atom. The van der Waals surface area contributed by atoms with Gasteiger partial charge in [0.1, 0.15) is 11.0 Å². The van der Waals surface area contributed by atoms with Gasteiger partial charge in [0, 0.05) is 24.7 Å². The van der Waals surface area contributed by atoms with Crippen molar-refractivity contribution in [1.29, 1.82) is 0 Å². The van der Waals surface area contributed by atoms with Crippen LogP contribution >= 0.6 is 0 Å². The molecule has 0 unspecified atom stereocenters. The second-order valence-corrected chi connectivity index (χ2v) is 5.73. The summed E-state index contributed by atoms with van der Waals surface area (Å²) in [7, 11) is 4.16. The van der Waals surface area contributed by atoms with E-state index in [0.29, 0.717) is 0 Å². The van der Waals surface area contributed by atoms with Crippen LogP contribution in [0.1, 0.15) is 0 Å². The van der Waals surface area contributed by atoms with Crippen LogP contribution in [0.2, 0.25) is 0 Å². The van der Waals surface area contributed by atoms with Crippen LogP contribution < -0.4 is 0 Å². The van der Waals surface area contributed by atoms with E-state index >= 15 is 0 Å². The fraction of sp³-hybridized carbons (Fsp3) is 0.235. The number of hydrogen-bond donors (Lipinski definition) is 0. The number of hydrogen-bond acceptors (Lipinski definition) is 4. The van der Waals surface area contributed by atoms with Crippen LogP contribution in [-0.4, -0.2) is 45.1 Å². The normalized spacial score (nSPS) is 12.0. The minimum Gasteiger partial charge on any atom is -0.323 e. The second kappa shape index (κ2) is 5.03. The van der Waals surface area contributed by atoms with E-state index in [9.17, 15) is 0 Å². The van der Waals surface area contributed by atoms with E-state index < -0.39 is 0 Å². The number of likely N-dealkylation sites (N-methyl/N-ethyl adjacent to an activating group) is 1. The lowest BCUT2D eigenvalue weighted by Crippen LogP contribution is -2.18. The van der Waals surface area contributed by atoms with Gasteiger partial charge >= 0.3 is 0 Å². The number of nitrogens with zero attached hydrogens (tertiary/aromatic N) is 5. The third-order valence-electron chi connectivity index (χ3n) is 3.92. The maximum absolute atomic E-state index is 4.82. The molecule has 0 bridgehead atoms. The van der Waals surface area contributed by atoms with Crippen molar-refractivity contribution in [2.75, 3.05) is 20.6 Å². The lowest BCUT2D eigenvalue weighted by atomic mass is 10.2. The summed E-state index contributed by atoms with van der Waals surface area (Å²) in [5.74, 6) is 0. The Balaban J connectivity index is 2.06. The van der Waals surface area contributed by atoms with Crippen LogP contribution in [0.25, 0.3) is 33.1 Å². The van der Waals surface area contributed by atoms with Crippen LogP contribution in [0.4, 0.5) is 0 Å². The molecule has 4 aromatic rings. The molecule has 0 aliphatic carbocycles. The van der Waals surface area contributed by atoms with E-state index in [1.807, 2.05) is 6.07 Å². The molecule has 3 heterocycles. The van der Waals surface area contributed by atoms with Crippen LogP contribution in [0.15, 0.2) is 42.7 Å². The van der Waals surface area contributed by atoms with Gasteiger partial charge in [-0.25, -0.2) is 9.97 Å². The first-order valence-corrected chi connectivity index (χ1v) is 7.37. The predicted octanol–water partition coefficient (Wildman–Crippen LogP) is 2.69. The predicted molar refractivity (Wildman–Crippen MR) is 88.9 cm³/mol. The van der Waals surface area contributed by atoms with E-state index in [1.54, 1.807) is 12.4 Å². The van der Waals surface area contributed by atoms with Crippen molar-refractivity contribution in [1.82, 2.24) is 24.4 Å². The highest BCUT2D eigenvalue weighted by Gasteiger charge is 2.14. The van der Waals surface area contributed by atoms with Crippen LogP contribution in [0.3, 0.4) is 0 Å². The number of pyridine rings is 1. The summed E-state index contributed by atoms with van der Waals surface area (Å²) in [4.78, 5) is 16.0. The minimum atomic E-state index is 0.837. The Hall–Kier alpha value is -2.53. The molecule has 0 aliphatic rings. The topological polar surface area (TPSA) is 46.8 Å². The third kappa shape index (κ3) is 2.02. The molecule has 0 saturated heterocycles. The number of aromatic nitrogens is 4. The number of fused-ring (bicyclic) bond motifs is 4. The maximum atomic E-state index is 4.82. The highest BCUT2D eigenvalue weighted by Crippen LogP contribution is 2.27. The molecule has 0 atom stereocenters. The zero-order chi connectivity index (χ0) is 15.1. The summed E-state index contributed by atoms with van der Waals surface area (Å²) in [6, 6.07) is 10.3. The molecule has 0 amide bonds. The van der Waals surface area contributed by atoms with Crippen molar-refractivity contribution in [3.8, 4) is 0 Å². The van der Waals surface area contributed by atoms with Crippen LogP contribution in [0, 0.1) is 0 Å². The molecule has 5 heteroatoms. The Bertz CT molecular complexity index is 971. The van der Waals surface area contributed by atoms with E-state index in [2.05, 4.69) is 52.8 Å². The van der Waals surface area contributed by atoms with Gasteiger partial charge in [0.25, 0.3) is 0 Å². The molecule has 0 fully saturated rings. The lowest BCUT2D eigenvalue weighted by Gasteiger charge is -2.11. The van der Waals surface area contributed by atoms with Gasteiger partial charge < -0.3 is 9.47 Å². The van der Waals surface area contributed by atoms with Crippen LogP contribution in [-0.2, 0) is 6.54 Å². The quantitative estimate of drug-likeness (QED) is 0.582. The molecule has 0 N–H and O–H groups in total. The van der Waals surface area contributed by atoms with Crippen molar-refractivity contribution in [2.24, 2.45) is 0 Å². The van der Waals surface area contributed by atoms with Gasteiger partial charge in [-0.15, -0.1) is 0 Å². The van der Waals surface area contributed by atoms with Crippen molar-refractivity contribution in [3.63, 3.8) is 0 Å². The van der Waals surface area contributed by atoms with E-state index in [4.69, 9.17) is 9.97 Å². The molecular formula is C17H17N5. The molecule has 0 saturated carbocycles. The average molecular weight is 291 g/mol. The molecule has 4 rings (SSSR count). The SMILES string of the molecule is CN(C)CCn1c2ccccc2c2nc3ccncc3nc21. The van der Waals surface area contributed by atoms with Gasteiger partial charge in [0.15, 0.2) is 5.65 Å². The maximum Gasteiger partial charge on any atom is 0.160 e. The Morgan fingerprint density at radius 2 is 1.91 bits per heavy atom. The fourth-order valence-electron chi connectivity index (χ4n) is 2.82. The summed E-state index contributed by atoms with van der Waals surface area (Å²) < 4.78 is 2.25. The summed E-state index contributed by atoms with van der Waals surface area (Å²) in [6.07, 6.45) is 3.53. The molecule has 22 heavy (non-hydrogen) atoms. The zero-order valence-electron chi connectivity index (χ0n) is 12.7. The van der Waals surface area contributed by atoms with Crippen molar-refractivity contribution in [2.45, 2.75) is 6.54 Å². The van der Waals surface area contributed by atoms with Gasteiger partial charge in [0.2, 0.25) is 0 Å². The fourth-order valence-corrected chi connectivity index (χ4v) is 2.82. The molecule has 110 valence electrons. The van der Waals surface area contributed by atoms with Crippen molar-refractivity contribution < 1.29 is 0 Å². The highest BCUT2D eigenvalue weighted by molar-refractivity contribution is 6.06. The van der Waals surface area contributed by atoms with E-state index in [0.717, 1.165) is 40.7 Å². The summed E-state index contributed by atoms with van der Waals surface area (Å²) in [5, 5.41) is 1.16. The lowest BCUT2D eigenvalue weighted by molar-refractivity contribution is 0.389. The van der Waals surface area contributed by atoms with Gasteiger partial charge in [-0.3, -0.25) is 4.98 Å². The number of benzene rings is 1. The largest absolute Gasteiger partial charge is 0.323 e. The second-order valence-electron chi connectivity index (χ2n) is 5.73. The molecule has 3 aromatic heterocycles. The molecule has 0 radical (unpaired) electrons. The number of para-hydroxylation sites is 1. The van der Waals surface area contributed by atoms with Crippen LogP contribution in [0.5, 0.6) is 0 Å². The average Bonchev–Trinajstić information content (AvgIpc) is 2.84. The smallest absolute Gasteiger partial charge is 0.160 e. The molecule has 0 spiro atoms.